The summed E-state index contributed by atoms with van der Waals surface area (Å²) in [6, 6.07) is 4.37. The Balaban J connectivity index is 1.50. The molecule has 0 radical (unpaired) electrons. The number of hydrogen-bond acceptors (Lipinski definition) is 7. The standard InChI is InChI=1S/C24H32N4O6S/c1-3-34-24(31)18-8-10-26(11-9-18)22(29)15-27-16-25-21-5-4-19(14-20(21)23(27)30)35(32,33)28-12-6-17(2)7-13-28/h4-5,14,16-18H,3,6-13,15H2,1-2H3. The molecule has 1 aromatic heterocycles. The maximum absolute atomic E-state index is 13.1. The van der Waals surface area contributed by atoms with Gasteiger partial charge < -0.3 is 9.64 Å². The molecule has 2 aliphatic heterocycles. The van der Waals surface area contributed by atoms with Crippen molar-refractivity contribution >= 4 is 32.8 Å². The molecule has 3 heterocycles. The molecule has 0 atom stereocenters. The number of sulfonamides is 1. The third-order valence-corrected chi connectivity index (χ3v) is 8.84. The Bertz CT molecular complexity index is 1260. The van der Waals surface area contributed by atoms with E-state index < -0.39 is 15.6 Å². The van der Waals surface area contributed by atoms with Gasteiger partial charge in [-0.05, 0) is 56.7 Å². The smallest absolute Gasteiger partial charge is 0.309 e. The van der Waals surface area contributed by atoms with Gasteiger partial charge in [-0.25, -0.2) is 13.4 Å². The highest BCUT2D eigenvalue weighted by molar-refractivity contribution is 7.89. The van der Waals surface area contributed by atoms with Gasteiger partial charge in [-0.1, -0.05) is 6.92 Å². The Morgan fingerprint density at radius 1 is 1.09 bits per heavy atom. The predicted molar refractivity (Wildman–Crippen MR) is 129 cm³/mol. The number of piperidine rings is 2. The van der Waals surface area contributed by atoms with E-state index in [2.05, 4.69) is 11.9 Å². The fourth-order valence-electron chi connectivity index (χ4n) is 4.66. The summed E-state index contributed by atoms with van der Waals surface area (Å²) in [7, 11) is -3.72. The number of fused-ring (bicyclic) bond motifs is 1. The zero-order chi connectivity index (χ0) is 25.2. The Morgan fingerprint density at radius 2 is 1.77 bits per heavy atom. The maximum atomic E-state index is 13.1. The number of esters is 1. The van der Waals surface area contributed by atoms with E-state index in [9.17, 15) is 22.8 Å². The molecule has 0 N–H and O–H groups in total. The summed E-state index contributed by atoms with van der Waals surface area (Å²) in [6.07, 6.45) is 3.96. The molecule has 0 spiro atoms. The summed E-state index contributed by atoms with van der Waals surface area (Å²) in [5.41, 5.74) is -0.0887. The number of likely N-dealkylation sites (tertiary alicyclic amines) is 1. The van der Waals surface area contributed by atoms with Crippen LogP contribution in [0.2, 0.25) is 0 Å². The van der Waals surface area contributed by atoms with Gasteiger partial charge >= 0.3 is 5.97 Å². The van der Waals surface area contributed by atoms with Crippen LogP contribution in [0, 0.1) is 11.8 Å². The number of nitrogens with zero attached hydrogens (tertiary/aromatic N) is 4. The van der Waals surface area contributed by atoms with E-state index in [-0.39, 0.29) is 34.6 Å². The number of ether oxygens (including phenoxy) is 1. The lowest BCUT2D eigenvalue weighted by Crippen LogP contribution is -2.43. The molecular weight excluding hydrogens is 472 g/mol. The van der Waals surface area contributed by atoms with E-state index in [1.165, 1.54) is 33.4 Å². The lowest BCUT2D eigenvalue weighted by atomic mass is 9.97. The number of benzene rings is 1. The Hall–Kier alpha value is -2.79. The third kappa shape index (κ3) is 5.40. The predicted octanol–water partition coefficient (Wildman–Crippen LogP) is 1.62. The topological polar surface area (TPSA) is 119 Å². The average molecular weight is 505 g/mol. The molecule has 1 aromatic carbocycles. The van der Waals surface area contributed by atoms with Gasteiger partial charge in [0.1, 0.15) is 6.54 Å². The van der Waals surface area contributed by atoms with Crippen molar-refractivity contribution in [3.8, 4) is 0 Å². The molecule has 0 saturated carbocycles. The van der Waals surface area contributed by atoms with Crippen LogP contribution in [0.1, 0.15) is 39.5 Å². The molecule has 11 heteroatoms. The summed E-state index contributed by atoms with van der Waals surface area (Å²) in [4.78, 5) is 43.9. The van der Waals surface area contributed by atoms with Crippen molar-refractivity contribution in [1.29, 1.82) is 0 Å². The van der Waals surface area contributed by atoms with Crippen LogP contribution in [-0.2, 0) is 30.9 Å². The second kappa shape index (κ2) is 10.4. The first-order valence-corrected chi connectivity index (χ1v) is 13.6. The normalized spacial score (nSPS) is 18.6. The molecule has 190 valence electrons. The van der Waals surface area contributed by atoms with Crippen molar-refractivity contribution in [3.63, 3.8) is 0 Å². The lowest BCUT2D eigenvalue weighted by molar-refractivity contribution is -0.151. The highest BCUT2D eigenvalue weighted by Gasteiger charge is 2.30. The van der Waals surface area contributed by atoms with Gasteiger partial charge in [-0.15, -0.1) is 0 Å². The summed E-state index contributed by atoms with van der Waals surface area (Å²) in [5, 5.41) is 0.160. The van der Waals surface area contributed by atoms with Crippen molar-refractivity contribution < 1.29 is 22.7 Å². The van der Waals surface area contributed by atoms with Crippen LogP contribution in [0.4, 0.5) is 0 Å². The van der Waals surface area contributed by atoms with Crippen LogP contribution >= 0.6 is 0 Å². The van der Waals surface area contributed by atoms with E-state index in [4.69, 9.17) is 4.74 Å². The van der Waals surface area contributed by atoms with Crippen molar-refractivity contribution in [1.82, 2.24) is 18.8 Å². The Morgan fingerprint density at radius 3 is 2.43 bits per heavy atom. The summed E-state index contributed by atoms with van der Waals surface area (Å²) < 4.78 is 34.0. The van der Waals surface area contributed by atoms with Crippen LogP contribution < -0.4 is 5.56 Å². The van der Waals surface area contributed by atoms with Gasteiger partial charge in [0.05, 0.1) is 34.7 Å². The van der Waals surface area contributed by atoms with Crippen molar-refractivity contribution in [3.05, 3.63) is 34.9 Å². The van der Waals surface area contributed by atoms with E-state index >= 15 is 0 Å². The van der Waals surface area contributed by atoms with Crippen LogP contribution in [0.3, 0.4) is 0 Å². The summed E-state index contributed by atoms with van der Waals surface area (Å²) in [6.45, 7) is 5.74. The fourth-order valence-corrected chi connectivity index (χ4v) is 6.15. The molecule has 10 nitrogen and oxygen atoms in total. The maximum Gasteiger partial charge on any atom is 0.309 e. The number of carbonyl (C=O) groups is 2. The average Bonchev–Trinajstić information content (AvgIpc) is 2.86. The molecule has 2 saturated heterocycles. The number of carbonyl (C=O) groups excluding carboxylic acids is 2. The first-order chi connectivity index (χ1) is 16.7. The van der Waals surface area contributed by atoms with Gasteiger partial charge in [0.25, 0.3) is 5.56 Å². The second-order valence-electron chi connectivity index (χ2n) is 9.35. The van der Waals surface area contributed by atoms with Gasteiger partial charge in [0.15, 0.2) is 0 Å². The Labute approximate surface area is 204 Å². The molecule has 2 fully saturated rings. The lowest BCUT2D eigenvalue weighted by Gasteiger charge is -2.31. The Kier molecular flexibility index (Phi) is 7.56. The minimum Gasteiger partial charge on any atom is -0.466 e. The van der Waals surface area contributed by atoms with Crippen LogP contribution in [0.5, 0.6) is 0 Å². The zero-order valence-electron chi connectivity index (χ0n) is 20.2. The van der Waals surface area contributed by atoms with Gasteiger partial charge in [0.2, 0.25) is 15.9 Å². The van der Waals surface area contributed by atoms with Gasteiger partial charge in [-0.3, -0.25) is 19.0 Å². The minimum atomic E-state index is -3.72. The molecule has 2 aromatic rings. The van der Waals surface area contributed by atoms with Gasteiger partial charge in [-0.2, -0.15) is 4.31 Å². The van der Waals surface area contributed by atoms with Gasteiger partial charge in [0, 0.05) is 26.2 Å². The van der Waals surface area contributed by atoms with E-state index in [1.807, 2.05) is 0 Å². The summed E-state index contributed by atoms with van der Waals surface area (Å²) in [5.74, 6) is -0.211. The summed E-state index contributed by atoms with van der Waals surface area (Å²) >= 11 is 0. The minimum absolute atomic E-state index is 0.0589. The van der Waals surface area contributed by atoms with Crippen molar-refractivity contribution in [2.24, 2.45) is 11.8 Å². The zero-order valence-corrected chi connectivity index (χ0v) is 21.0. The van der Waals surface area contributed by atoms with Crippen LogP contribution in [0.15, 0.2) is 34.2 Å². The number of hydrogen-bond donors (Lipinski definition) is 0. The first kappa shape index (κ1) is 25.3. The number of aromatic nitrogens is 2. The SMILES string of the molecule is CCOC(=O)C1CCN(C(=O)Cn2cnc3ccc(S(=O)(=O)N4CCC(C)CC4)cc3c2=O)CC1. The molecule has 1 amide bonds. The monoisotopic (exact) mass is 504 g/mol. The number of amides is 1. The van der Waals surface area contributed by atoms with E-state index in [0.29, 0.717) is 57.1 Å². The van der Waals surface area contributed by atoms with Crippen molar-refractivity contribution in [2.45, 2.75) is 51.0 Å². The first-order valence-electron chi connectivity index (χ1n) is 12.1. The number of rotatable bonds is 6. The fraction of sp³-hybridized carbons (Fsp3) is 0.583. The van der Waals surface area contributed by atoms with Crippen LogP contribution in [0.25, 0.3) is 10.9 Å². The third-order valence-electron chi connectivity index (χ3n) is 6.95. The van der Waals surface area contributed by atoms with E-state index in [1.54, 1.807) is 11.8 Å². The molecule has 35 heavy (non-hydrogen) atoms. The van der Waals surface area contributed by atoms with Crippen molar-refractivity contribution in [2.75, 3.05) is 32.8 Å². The van der Waals surface area contributed by atoms with Crippen LogP contribution in [-0.4, -0.2) is 71.8 Å². The largest absolute Gasteiger partial charge is 0.466 e. The molecular formula is C24H32N4O6S. The second-order valence-corrected chi connectivity index (χ2v) is 11.3. The molecule has 2 aliphatic rings. The molecule has 4 rings (SSSR count). The molecule has 0 unspecified atom stereocenters. The highest BCUT2D eigenvalue weighted by atomic mass is 32.2. The highest BCUT2D eigenvalue weighted by Crippen LogP contribution is 2.25. The molecule has 0 aliphatic carbocycles. The quantitative estimate of drug-likeness (QED) is 0.549. The van der Waals surface area contributed by atoms with E-state index in [0.717, 1.165) is 12.8 Å². The molecule has 0 bridgehead atoms.